The number of carbonyl (C=O) groups is 1. The van der Waals surface area contributed by atoms with Gasteiger partial charge in [0.1, 0.15) is 11.9 Å². The summed E-state index contributed by atoms with van der Waals surface area (Å²) in [7, 11) is 1.64. The van der Waals surface area contributed by atoms with Crippen LogP contribution in [0.5, 0.6) is 11.6 Å². The van der Waals surface area contributed by atoms with Crippen LogP contribution in [-0.2, 0) is 11.2 Å². The first kappa shape index (κ1) is 16.6. The Hall–Kier alpha value is -2.27. The van der Waals surface area contributed by atoms with Gasteiger partial charge in [0.15, 0.2) is 0 Å². The number of halogens is 1. The highest BCUT2D eigenvalue weighted by atomic mass is 35.5. The van der Waals surface area contributed by atoms with Crippen LogP contribution in [0.2, 0.25) is 5.02 Å². The quantitative estimate of drug-likeness (QED) is 0.807. The summed E-state index contributed by atoms with van der Waals surface area (Å²) in [6.45, 7) is 1.21. The van der Waals surface area contributed by atoms with E-state index in [1.54, 1.807) is 25.4 Å². The molecule has 0 radical (unpaired) electrons. The van der Waals surface area contributed by atoms with Crippen LogP contribution in [0.15, 0.2) is 42.6 Å². The van der Waals surface area contributed by atoms with Gasteiger partial charge in [0.05, 0.1) is 25.2 Å². The maximum absolute atomic E-state index is 12.2. The molecule has 2 heterocycles. The molecule has 1 amide bonds. The Balaban J connectivity index is 1.40. The van der Waals surface area contributed by atoms with Gasteiger partial charge < -0.3 is 14.4 Å². The van der Waals surface area contributed by atoms with E-state index in [0.717, 1.165) is 17.7 Å². The molecule has 1 saturated heterocycles. The summed E-state index contributed by atoms with van der Waals surface area (Å²) < 4.78 is 10.8. The van der Waals surface area contributed by atoms with Crippen LogP contribution in [0.3, 0.4) is 0 Å². The second-order valence-corrected chi connectivity index (χ2v) is 6.14. The van der Waals surface area contributed by atoms with Crippen LogP contribution in [0.1, 0.15) is 12.0 Å². The molecule has 5 nitrogen and oxygen atoms in total. The van der Waals surface area contributed by atoms with Gasteiger partial charge in [0, 0.05) is 18.7 Å². The highest BCUT2D eigenvalue weighted by Gasteiger charge is 2.32. The lowest BCUT2D eigenvalue weighted by atomic mass is 10.1. The molecule has 1 aliphatic heterocycles. The van der Waals surface area contributed by atoms with Crippen LogP contribution in [0, 0.1) is 0 Å². The number of benzene rings is 1. The third kappa shape index (κ3) is 4.17. The highest BCUT2D eigenvalue weighted by Crippen LogP contribution is 2.19. The molecule has 0 saturated carbocycles. The summed E-state index contributed by atoms with van der Waals surface area (Å²) in [5.41, 5.74) is 1.13. The molecule has 1 fully saturated rings. The number of ether oxygens (including phenoxy) is 2. The molecule has 2 aromatic rings. The largest absolute Gasteiger partial charge is 0.497 e. The summed E-state index contributed by atoms with van der Waals surface area (Å²) in [4.78, 5) is 18.1. The van der Waals surface area contributed by atoms with E-state index in [9.17, 15) is 4.79 Å². The van der Waals surface area contributed by atoms with Crippen molar-refractivity contribution in [1.29, 1.82) is 0 Å². The highest BCUT2D eigenvalue weighted by molar-refractivity contribution is 6.30. The van der Waals surface area contributed by atoms with Crippen LogP contribution < -0.4 is 9.47 Å². The number of pyridine rings is 1. The van der Waals surface area contributed by atoms with E-state index in [2.05, 4.69) is 4.98 Å². The second kappa shape index (κ2) is 7.53. The van der Waals surface area contributed by atoms with E-state index < -0.39 is 0 Å². The smallest absolute Gasteiger partial charge is 0.223 e. The molecule has 126 valence electrons. The van der Waals surface area contributed by atoms with Crippen molar-refractivity contribution in [3.8, 4) is 11.6 Å². The van der Waals surface area contributed by atoms with Crippen LogP contribution in [0.25, 0.3) is 0 Å². The van der Waals surface area contributed by atoms with Gasteiger partial charge in [-0.15, -0.1) is 0 Å². The minimum atomic E-state index is 0.00334. The summed E-state index contributed by atoms with van der Waals surface area (Å²) in [6, 6.07) is 11.3. The molecule has 0 atom stereocenters. The average Bonchev–Trinajstić information content (AvgIpc) is 2.57. The summed E-state index contributed by atoms with van der Waals surface area (Å²) in [5.74, 6) is 1.51. The average molecular weight is 347 g/mol. The van der Waals surface area contributed by atoms with Crippen molar-refractivity contribution in [3.05, 3.63) is 53.2 Å². The second-order valence-electron chi connectivity index (χ2n) is 5.70. The Morgan fingerprint density at radius 3 is 2.62 bits per heavy atom. The van der Waals surface area contributed by atoms with Gasteiger partial charge in [-0.05, 0) is 30.2 Å². The number of amides is 1. The molecule has 24 heavy (non-hydrogen) atoms. The number of methoxy groups -OCH3 is 1. The third-order valence-electron chi connectivity index (χ3n) is 3.98. The Kier molecular flexibility index (Phi) is 5.20. The van der Waals surface area contributed by atoms with E-state index >= 15 is 0 Å². The zero-order valence-corrected chi connectivity index (χ0v) is 14.2. The van der Waals surface area contributed by atoms with Gasteiger partial charge >= 0.3 is 0 Å². The Morgan fingerprint density at radius 2 is 2.00 bits per heavy atom. The minimum absolute atomic E-state index is 0.00334. The standard InChI is InChI=1S/C18H19ClN2O3/c1-23-15-6-2-13(3-7-15)4-9-18(22)21-11-16(12-21)24-17-8-5-14(19)10-20-17/h2-3,5-8,10,16H,4,9,11-12H2,1H3. The molecule has 0 spiro atoms. The van der Waals surface area contributed by atoms with Gasteiger partial charge in [-0.1, -0.05) is 23.7 Å². The van der Waals surface area contributed by atoms with Gasteiger partial charge in [-0.3, -0.25) is 4.79 Å². The zero-order chi connectivity index (χ0) is 16.9. The first-order valence-corrected chi connectivity index (χ1v) is 8.21. The number of likely N-dealkylation sites (tertiary alicyclic amines) is 1. The van der Waals surface area contributed by atoms with Crippen LogP contribution in [0.4, 0.5) is 0 Å². The maximum Gasteiger partial charge on any atom is 0.223 e. The van der Waals surface area contributed by atoms with Crippen LogP contribution >= 0.6 is 11.6 Å². The monoisotopic (exact) mass is 346 g/mol. The van der Waals surface area contributed by atoms with Crippen molar-refractivity contribution in [2.24, 2.45) is 0 Å². The molecular formula is C18H19ClN2O3. The van der Waals surface area contributed by atoms with E-state index in [1.807, 2.05) is 29.2 Å². The van der Waals surface area contributed by atoms with E-state index in [1.165, 1.54) is 0 Å². The molecule has 0 bridgehead atoms. The SMILES string of the molecule is COc1ccc(CCC(=O)N2CC(Oc3ccc(Cl)cn3)C2)cc1. The number of nitrogens with zero attached hydrogens (tertiary/aromatic N) is 2. The predicted molar refractivity (Wildman–Crippen MR) is 91.6 cm³/mol. The number of carbonyl (C=O) groups excluding carboxylic acids is 1. The number of hydrogen-bond acceptors (Lipinski definition) is 4. The normalized spacial score (nSPS) is 14.2. The Bertz CT molecular complexity index is 682. The predicted octanol–water partition coefficient (Wildman–Crippen LogP) is 2.97. The minimum Gasteiger partial charge on any atom is -0.497 e. The summed E-state index contributed by atoms with van der Waals surface area (Å²) in [6.07, 6.45) is 2.78. The molecular weight excluding hydrogens is 328 g/mol. The van der Waals surface area contributed by atoms with Crippen molar-refractivity contribution in [2.45, 2.75) is 18.9 Å². The summed E-state index contributed by atoms with van der Waals surface area (Å²) >= 11 is 5.79. The molecule has 1 aromatic carbocycles. The third-order valence-corrected chi connectivity index (χ3v) is 4.20. The van der Waals surface area contributed by atoms with Gasteiger partial charge in [-0.25, -0.2) is 4.98 Å². The lowest BCUT2D eigenvalue weighted by Crippen LogP contribution is -2.56. The van der Waals surface area contributed by atoms with E-state index in [4.69, 9.17) is 21.1 Å². The molecule has 6 heteroatoms. The zero-order valence-electron chi connectivity index (χ0n) is 13.4. The fourth-order valence-electron chi connectivity index (χ4n) is 2.52. The van der Waals surface area contributed by atoms with Gasteiger partial charge in [0.2, 0.25) is 11.8 Å². The van der Waals surface area contributed by atoms with Crippen molar-refractivity contribution in [2.75, 3.05) is 20.2 Å². The number of aromatic nitrogens is 1. The lowest BCUT2D eigenvalue weighted by molar-refractivity contribution is -0.140. The van der Waals surface area contributed by atoms with Crippen molar-refractivity contribution in [3.63, 3.8) is 0 Å². The molecule has 1 aromatic heterocycles. The van der Waals surface area contributed by atoms with Gasteiger partial charge in [0.25, 0.3) is 0 Å². The topological polar surface area (TPSA) is 51.7 Å². The first-order valence-electron chi connectivity index (χ1n) is 7.83. The van der Waals surface area contributed by atoms with Crippen molar-refractivity contribution >= 4 is 17.5 Å². The Labute approximate surface area is 146 Å². The fraction of sp³-hybridized carbons (Fsp3) is 0.333. The van der Waals surface area contributed by atoms with E-state index in [0.29, 0.717) is 30.4 Å². The lowest BCUT2D eigenvalue weighted by Gasteiger charge is -2.38. The fourth-order valence-corrected chi connectivity index (χ4v) is 2.63. The van der Waals surface area contributed by atoms with E-state index in [-0.39, 0.29) is 12.0 Å². The molecule has 0 aliphatic carbocycles. The maximum atomic E-state index is 12.2. The number of hydrogen-bond donors (Lipinski definition) is 0. The van der Waals surface area contributed by atoms with Crippen LogP contribution in [-0.4, -0.2) is 42.1 Å². The number of aryl methyl sites for hydroxylation is 1. The molecule has 0 N–H and O–H groups in total. The summed E-state index contributed by atoms with van der Waals surface area (Å²) in [5, 5.41) is 0.575. The van der Waals surface area contributed by atoms with Crippen molar-refractivity contribution < 1.29 is 14.3 Å². The van der Waals surface area contributed by atoms with Gasteiger partial charge in [-0.2, -0.15) is 0 Å². The Morgan fingerprint density at radius 1 is 1.25 bits per heavy atom. The van der Waals surface area contributed by atoms with Crippen molar-refractivity contribution in [1.82, 2.24) is 9.88 Å². The first-order chi connectivity index (χ1) is 11.6. The molecule has 3 rings (SSSR count). The molecule has 0 unspecified atom stereocenters. The molecule has 1 aliphatic rings. The number of rotatable bonds is 6.